The second-order valence-electron chi connectivity index (χ2n) is 4.05. The molecule has 0 spiro atoms. The average molecular weight is 613 g/mol. The molecule has 0 fully saturated rings. The molecular formula is C12H14I3N3O2. The minimum Gasteiger partial charge on any atom is -0.398 e. The van der Waals surface area contributed by atoms with Crippen LogP contribution < -0.4 is 16.8 Å². The predicted octanol–water partition coefficient (Wildman–Crippen LogP) is 3.13. The van der Waals surface area contributed by atoms with Crippen molar-refractivity contribution in [1.82, 2.24) is 0 Å². The van der Waals surface area contributed by atoms with Crippen LogP contribution in [0.5, 0.6) is 0 Å². The van der Waals surface area contributed by atoms with Gasteiger partial charge in [0.25, 0.3) is 0 Å². The van der Waals surface area contributed by atoms with Gasteiger partial charge in [0.15, 0.2) is 0 Å². The summed E-state index contributed by atoms with van der Waals surface area (Å²) >= 11 is 6.51. The number of anilines is 2. The van der Waals surface area contributed by atoms with Gasteiger partial charge in [0.2, 0.25) is 11.8 Å². The highest BCUT2D eigenvalue weighted by atomic mass is 127. The summed E-state index contributed by atoms with van der Waals surface area (Å²) in [5, 5.41) is 2.79. The van der Waals surface area contributed by atoms with Crippen LogP contribution in [0.3, 0.4) is 0 Å². The van der Waals surface area contributed by atoms with Crippen molar-refractivity contribution in [1.29, 1.82) is 0 Å². The molecular weight excluding hydrogens is 599 g/mol. The zero-order chi connectivity index (χ0) is 15.4. The maximum absolute atomic E-state index is 11.8. The van der Waals surface area contributed by atoms with E-state index in [1.54, 1.807) is 0 Å². The van der Waals surface area contributed by atoms with Crippen LogP contribution in [0.15, 0.2) is 0 Å². The van der Waals surface area contributed by atoms with Crippen LogP contribution in [-0.2, 0) is 18.1 Å². The summed E-state index contributed by atoms with van der Waals surface area (Å²) in [4.78, 5) is 23.2. The molecule has 0 aromatic heterocycles. The standard InChI is InChI=1S/C12H14I3N3O2/c1-5(19)18-11-7(3-14)9(12(17)20)6(2-13)10(16)8(11)4-15/h2-4,16H2,1H3,(H2,17,20)(H,18,19). The van der Waals surface area contributed by atoms with Gasteiger partial charge in [0.1, 0.15) is 0 Å². The minimum atomic E-state index is -0.512. The Kier molecular flexibility index (Phi) is 7.24. The number of halogens is 3. The zero-order valence-electron chi connectivity index (χ0n) is 10.7. The number of amides is 2. The van der Waals surface area contributed by atoms with E-state index in [1.807, 2.05) is 0 Å². The lowest BCUT2D eigenvalue weighted by Crippen LogP contribution is -2.21. The smallest absolute Gasteiger partial charge is 0.249 e. The second-order valence-corrected chi connectivity index (χ2v) is 6.33. The molecule has 0 aliphatic carbocycles. The molecule has 110 valence electrons. The van der Waals surface area contributed by atoms with E-state index in [-0.39, 0.29) is 5.91 Å². The molecule has 0 saturated carbocycles. The van der Waals surface area contributed by atoms with Crippen LogP contribution >= 0.6 is 67.8 Å². The Hall–Kier alpha value is 0.150. The van der Waals surface area contributed by atoms with Crippen molar-refractivity contribution in [3.8, 4) is 0 Å². The van der Waals surface area contributed by atoms with E-state index in [0.717, 1.165) is 16.7 Å². The number of nitrogens with one attached hydrogen (secondary N) is 1. The quantitative estimate of drug-likeness (QED) is 0.271. The molecule has 0 unspecified atom stereocenters. The first-order chi connectivity index (χ1) is 9.38. The van der Waals surface area contributed by atoms with E-state index >= 15 is 0 Å². The summed E-state index contributed by atoms with van der Waals surface area (Å²) in [6.45, 7) is 1.43. The van der Waals surface area contributed by atoms with Crippen molar-refractivity contribution in [2.45, 2.75) is 20.2 Å². The lowest BCUT2D eigenvalue weighted by Gasteiger charge is -2.21. The Morgan fingerprint density at radius 2 is 1.55 bits per heavy atom. The number of nitrogens with two attached hydrogens (primary N) is 2. The largest absolute Gasteiger partial charge is 0.398 e. The second kappa shape index (κ2) is 7.96. The van der Waals surface area contributed by atoms with Gasteiger partial charge in [-0.2, -0.15) is 0 Å². The molecule has 0 aliphatic rings. The highest BCUT2D eigenvalue weighted by Gasteiger charge is 2.24. The van der Waals surface area contributed by atoms with E-state index in [0.29, 0.717) is 30.2 Å². The lowest BCUT2D eigenvalue weighted by molar-refractivity contribution is -0.114. The fourth-order valence-corrected chi connectivity index (χ4v) is 4.32. The molecule has 0 heterocycles. The van der Waals surface area contributed by atoms with Crippen LogP contribution in [0.25, 0.3) is 0 Å². The molecule has 0 saturated heterocycles. The lowest BCUT2D eigenvalue weighted by atomic mass is 9.94. The van der Waals surface area contributed by atoms with Gasteiger partial charge < -0.3 is 16.8 Å². The van der Waals surface area contributed by atoms with Crippen LogP contribution in [0.4, 0.5) is 11.4 Å². The van der Waals surface area contributed by atoms with Crippen molar-refractivity contribution in [2.24, 2.45) is 5.73 Å². The first kappa shape index (κ1) is 18.2. The molecule has 1 aromatic rings. The van der Waals surface area contributed by atoms with E-state index in [2.05, 4.69) is 73.1 Å². The van der Waals surface area contributed by atoms with E-state index < -0.39 is 5.91 Å². The molecule has 0 aliphatic heterocycles. The average Bonchev–Trinajstić information content (AvgIpc) is 2.37. The maximum atomic E-state index is 11.8. The number of hydrogen-bond donors (Lipinski definition) is 3. The van der Waals surface area contributed by atoms with Gasteiger partial charge in [-0.25, -0.2) is 0 Å². The zero-order valence-corrected chi connectivity index (χ0v) is 17.2. The van der Waals surface area contributed by atoms with Crippen LogP contribution in [-0.4, -0.2) is 11.8 Å². The van der Waals surface area contributed by atoms with Crippen LogP contribution in [0.2, 0.25) is 0 Å². The molecule has 0 radical (unpaired) electrons. The number of carbonyl (C=O) groups excluding carboxylic acids is 2. The van der Waals surface area contributed by atoms with Crippen molar-refractivity contribution >= 4 is 91.0 Å². The maximum Gasteiger partial charge on any atom is 0.249 e. The third-order valence-corrected chi connectivity index (χ3v) is 5.09. The number of rotatable bonds is 5. The first-order valence-electron chi connectivity index (χ1n) is 5.60. The minimum absolute atomic E-state index is 0.195. The van der Waals surface area contributed by atoms with Gasteiger partial charge in [-0.05, 0) is 11.1 Å². The number of hydrogen-bond acceptors (Lipinski definition) is 3. The highest BCUT2D eigenvalue weighted by molar-refractivity contribution is 14.1. The van der Waals surface area contributed by atoms with Gasteiger partial charge >= 0.3 is 0 Å². The fourth-order valence-electron chi connectivity index (χ4n) is 1.98. The monoisotopic (exact) mass is 613 g/mol. The Balaban J connectivity index is 3.80. The van der Waals surface area contributed by atoms with E-state index in [4.69, 9.17) is 11.5 Å². The summed E-state index contributed by atoms with van der Waals surface area (Å²) in [7, 11) is 0. The molecule has 1 aromatic carbocycles. The van der Waals surface area contributed by atoms with Crippen molar-refractivity contribution in [3.63, 3.8) is 0 Å². The Morgan fingerprint density at radius 1 is 1.05 bits per heavy atom. The normalized spacial score (nSPS) is 10.4. The molecule has 0 bridgehead atoms. The molecule has 2 amide bonds. The van der Waals surface area contributed by atoms with Crippen molar-refractivity contribution in [2.75, 3.05) is 11.1 Å². The Labute approximate surface area is 158 Å². The summed E-state index contributed by atoms with van der Waals surface area (Å²) < 4.78 is 1.81. The van der Waals surface area contributed by atoms with Crippen LogP contribution in [0, 0.1) is 0 Å². The highest BCUT2D eigenvalue weighted by Crippen LogP contribution is 2.38. The van der Waals surface area contributed by atoms with Gasteiger partial charge in [0, 0.05) is 31.5 Å². The molecule has 8 heteroatoms. The fraction of sp³-hybridized carbons (Fsp3) is 0.333. The SMILES string of the molecule is CC(=O)Nc1c(CI)c(N)c(CI)c(C(N)=O)c1CI. The number of benzene rings is 1. The number of carbonyl (C=O) groups is 2. The Bertz CT molecular complexity index is 562. The first-order valence-corrected chi connectivity index (χ1v) is 10.2. The van der Waals surface area contributed by atoms with Gasteiger partial charge in [0.05, 0.1) is 11.3 Å². The number of nitrogen functional groups attached to an aromatic ring is 1. The predicted molar refractivity (Wildman–Crippen MR) is 107 cm³/mol. The van der Waals surface area contributed by atoms with E-state index in [1.165, 1.54) is 6.92 Å². The summed E-state index contributed by atoms with van der Waals surface area (Å²) in [6.07, 6.45) is 0. The van der Waals surface area contributed by atoms with Crippen molar-refractivity contribution in [3.05, 3.63) is 22.3 Å². The van der Waals surface area contributed by atoms with Crippen LogP contribution in [0.1, 0.15) is 34.0 Å². The van der Waals surface area contributed by atoms with Gasteiger partial charge in [-0.3, -0.25) is 9.59 Å². The number of primary amides is 1. The summed E-state index contributed by atoms with van der Waals surface area (Å²) in [5.41, 5.74) is 15.6. The third kappa shape index (κ3) is 3.67. The van der Waals surface area contributed by atoms with E-state index in [9.17, 15) is 9.59 Å². The van der Waals surface area contributed by atoms with Gasteiger partial charge in [-0.1, -0.05) is 67.8 Å². The molecule has 0 atom stereocenters. The molecule has 5 N–H and O–H groups in total. The summed E-state index contributed by atoms with van der Waals surface area (Å²) in [6, 6.07) is 0. The van der Waals surface area contributed by atoms with Gasteiger partial charge in [-0.15, -0.1) is 0 Å². The molecule has 1 rings (SSSR count). The summed E-state index contributed by atoms with van der Waals surface area (Å²) in [5.74, 6) is -0.708. The molecule has 5 nitrogen and oxygen atoms in total. The Morgan fingerprint density at radius 3 is 1.90 bits per heavy atom. The topological polar surface area (TPSA) is 98.2 Å². The molecule has 20 heavy (non-hydrogen) atoms. The number of alkyl halides is 3. The third-order valence-electron chi connectivity index (χ3n) is 2.81. The van der Waals surface area contributed by atoms with Crippen molar-refractivity contribution < 1.29 is 9.59 Å².